The lowest BCUT2D eigenvalue weighted by atomic mass is 10.2. The summed E-state index contributed by atoms with van der Waals surface area (Å²) in [6, 6.07) is 1.79. The highest BCUT2D eigenvalue weighted by Gasteiger charge is 2.15. The van der Waals surface area contributed by atoms with E-state index in [0.717, 1.165) is 5.39 Å². The van der Waals surface area contributed by atoms with Gasteiger partial charge in [-0.15, -0.1) is 0 Å². The molecule has 0 atom stereocenters. The van der Waals surface area contributed by atoms with Gasteiger partial charge < -0.3 is 9.72 Å². The third-order valence-electron chi connectivity index (χ3n) is 1.93. The van der Waals surface area contributed by atoms with Crippen molar-refractivity contribution in [2.45, 2.75) is 0 Å². The number of rotatable bonds is 1. The summed E-state index contributed by atoms with van der Waals surface area (Å²) in [5.41, 5.74) is 1.17. The standard InChI is InChI=1S/C9H7BrN2O2/c1-14-9(13)7-5-2-3-11-8(5)12-4-6(7)10/h2-4H,1H3,(H,11,12). The Kier molecular flexibility index (Phi) is 2.25. The molecule has 1 N–H and O–H groups in total. The number of carbonyl (C=O) groups is 1. The van der Waals surface area contributed by atoms with E-state index in [-0.39, 0.29) is 5.97 Å². The summed E-state index contributed by atoms with van der Waals surface area (Å²) < 4.78 is 5.32. The van der Waals surface area contributed by atoms with E-state index in [1.807, 2.05) is 0 Å². The van der Waals surface area contributed by atoms with E-state index in [0.29, 0.717) is 15.7 Å². The van der Waals surface area contributed by atoms with Gasteiger partial charge in [-0.05, 0) is 22.0 Å². The molecule has 0 radical (unpaired) electrons. The van der Waals surface area contributed by atoms with Crippen LogP contribution in [0.3, 0.4) is 0 Å². The van der Waals surface area contributed by atoms with Gasteiger partial charge in [0.05, 0.1) is 17.1 Å². The number of pyridine rings is 1. The summed E-state index contributed by atoms with van der Waals surface area (Å²) in [7, 11) is 1.35. The molecule has 0 aliphatic heterocycles. The first-order chi connectivity index (χ1) is 6.74. The lowest BCUT2D eigenvalue weighted by molar-refractivity contribution is 0.0602. The van der Waals surface area contributed by atoms with Gasteiger partial charge >= 0.3 is 5.97 Å². The zero-order valence-corrected chi connectivity index (χ0v) is 8.96. The minimum atomic E-state index is -0.371. The number of fused-ring (bicyclic) bond motifs is 1. The van der Waals surface area contributed by atoms with Crippen molar-refractivity contribution in [2.75, 3.05) is 7.11 Å². The van der Waals surface area contributed by atoms with Crippen molar-refractivity contribution in [1.82, 2.24) is 9.97 Å². The van der Waals surface area contributed by atoms with Crippen LogP contribution in [0.2, 0.25) is 0 Å². The molecule has 2 aromatic heterocycles. The molecule has 0 saturated carbocycles. The molecular weight excluding hydrogens is 248 g/mol. The lowest BCUT2D eigenvalue weighted by Crippen LogP contribution is -2.03. The molecule has 2 rings (SSSR count). The SMILES string of the molecule is COC(=O)c1c(Br)cnc2[nH]ccc12. The zero-order chi connectivity index (χ0) is 10.1. The van der Waals surface area contributed by atoms with Crippen molar-refractivity contribution < 1.29 is 9.53 Å². The molecule has 2 heterocycles. The second-order valence-electron chi connectivity index (χ2n) is 2.71. The van der Waals surface area contributed by atoms with Gasteiger partial charge in [0.15, 0.2) is 0 Å². The number of ether oxygens (including phenoxy) is 1. The van der Waals surface area contributed by atoms with Gasteiger partial charge in [-0.3, -0.25) is 0 Å². The summed E-state index contributed by atoms with van der Waals surface area (Å²) in [5.74, 6) is -0.371. The first kappa shape index (κ1) is 9.21. The van der Waals surface area contributed by atoms with E-state index in [9.17, 15) is 4.79 Å². The number of carbonyl (C=O) groups excluding carboxylic acids is 1. The molecule has 0 unspecified atom stereocenters. The molecule has 72 valence electrons. The molecule has 4 nitrogen and oxygen atoms in total. The molecule has 0 fully saturated rings. The molecule has 0 bridgehead atoms. The Labute approximate surface area is 88.4 Å². The quantitative estimate of drug-likeness (QED) is 0.794. The normalized spacial score (nSPS) is 10.4. The van der Waals surface area contributed by atoms with Crippen molar-refractivity contribution in [3.63, 3.8) is 0 Å². The van der Waals surface area contributed by atoms with Crippen LogP contribution in [0.25, 0.3) is 11.0 Å². The summed E-state index contributed by atoms with van der Waals surface area (Å²) >= 11 is 3.27. The first-order valence-electron chi connectivity index (χ1n) is 3.94. The Hall–Kier alpha value is -1.36. The van der Waals surface area contributed by atoms with Gasteiger partial charge in [-0.25, -0.2) is 9.78 Å². The van der Waals surface area contributed by atoms with E-state index in [4.69, 9.17) is 0 Å². The molecule has 14 heavy (non-hydrogen) atoms. The van der Waals surface area contributed by atoms with Gasteiger partial charge in [-0.1, -0.05) is 0 Å². The van der Waals surface area contributed by atoms with E-state index < -0.39 is 0 Å². The Morgan fingerprint density at radius 3 is 3.14 bits per heavy atom. The van der Waals surface area contributed by atoms with Gasteiger partial charge in [0.2, 0.25) is 0 Å². The van der Waals surface area contributed by atoms with Crippen molar-refractivity contribution in [2.24, 2.45) is 0 Å². The number of hydrogen-bond donors (Lipinski definition) is 1. The predicted octanol–water partition coefficient (Wildman–Crippen LogP) is 2.11. The Morgan fingerprint density at radius 1 is 1.64 bits per heavy atom. The number of nitrogens with one attached hydrogen (secondary N) is 1. The first-order valence-corrected chi connectivity index (χ1v) is 4.73. The zero-order valence-electron chi connectivity index (χ0n) is 7.37. The molecule has 0 aromatic carbocycles. The number of H-pyrrole nitrogens is 1. The topological polar surface area (TPSA) is 55.0 Å². The highest BCUT2D eigenvalue weighted by Crippen LogP contribution is 2.24. The van der Waals surface area contributed by atoms with Crippen LogP contribution >= 0.6 is 15.9 Å². The third kappa shape index (κ3) is 1.29. The van der Waals surface area contributed by atoms with Gasteiger partial charge in [-0.2, -0.15) is 0 Å². The van der Waals surface area contributed by atoms with Crippen molar-refractivity contribution in [3.8, 4) is 0 Å². The maximum atomic E-state index is 11.5. The van der Waals surface area contributed by atoms with Crippen LogP contribution in [0.1, 0.15) is 10.4 Å². The number of halogens is 1. The number of aromatic amines is 1. The minimum Gasteiger partial charge on any atom is -0.465 e. The summed E-state index contributed by atoms with van der Waals surface area (Å²) in [4.78, 5) is 18.5. The highest BCUT2D eigenvalue weighted by molar-refractivity contribution is 9.10. The minimum absolute atomic E-state index is 0.371. The molecule has 0 saturated heterocycles. The lowest BCUT2D eigenvalue weighted by Gasteiger charge is -2.02. The average molecular weight is 255 g/mol. The van der Waals surface area contributed by atoms with Crippen molar-refractivity contribution >= 4 is 32.9 Å². The Bertz CT molecular complexity index is 493. The molecule has 5 heteroatoms. The number of hydrogen-bond acceptors (Lipinski definition) is 3. The average Bonchev–Trinajstić information content (AvgIpc) is 2.64. The molecule has 0 amide bonds. The molecule has 2 aromatic rings. The smallest absolute Gasteiger partial charge is 0.339 e. The van der Waals surface area contributed by atoms with E-state index in [2.05, 4.69) is 30.6 Å². The van der Waals surface area contributed by atoms with Crippen LogP contribution < -0.4 is 0 Å². The summed E-state index contributed by atoms with van der Waals surface area (Å²) in [6.45, 7) is 0. The fourth-order valence-corrected chi connectivity index (χ4v) is 1.77. The van der Waals surface area contributed by atoms with Crippen LogP contribution in [-0.2, 0) is 4.74 Å². The molecule has 0 aliphatic carbocycles. The van der Waals surface area contributed by atoms with E-state index >= 15 is 0 Å². The third-order valence-corrected chi connectivity index (χ3v) is 2.53. The summed E-state index contributed by atoms with van der Waals surface area (Å²) in [5, 5.41) is 0.756. The Morgan fingerprint density at radius 2 is 2.43 bits per heavy atom. The van der Waals surface area contributed by atoms with Gasteiger partial charge in [0.25, 0.3) is 0 Å². The van der Waals surface area contributed by atoms with Crippen LogP contribution in [0.15, 0.2) is 22.9 Å². The monoisotopic (exact) mass is 254 g/mol. The van der Waals surface area contributed by atoms with Gasteiger partial charge in [0, 0.05) is 17.8 Å². The van der Waals surface area contributed by atoms with Crippen LogP contribution in [-0.4, -0.2) is 23.0 Å². The van der Waals surface area contributed by atoms with Crippen LogP contribution in [0, 0.1) is 0 Å². The van der Waals surface area contributed by atoms with Crippen LogP contribution in [0.5, 0.6) is 0 Å². The fourth-order valence-electron chi connectivity index (χ4n) is 1.29. The second kappa shape index (κ2) is 3.42. The number of esters is 1. The maximum absolute atomic E-state index is 11.5. The number of nitrogens with zero attached hydrogens (tertiary/aromatic N) is 1. The van der Waals surface area contributed by atoms with Crippen molar-refractivity contribution in [3.05, 3.63) is 28.5 Å². The highest BCUT2D eigenvalue weighted by atomic mass is 79.9. The second-order valence-corrected chi connectivity index (χ2v) is 3.57. The number of methoxy groups -OCH3 is 1. The molecule has 0 aliphatic rings. The van der Waals surface area contributed by atoms with E-state index in [1.54, 1.807) is 18.5 Å². The van der Waals surface area contributed by atoms with E-state index in [1.165, 1.54) is 7.11 Å². The largest absolute Gasteiger partial charge is 0.465 e. The maximum Gasteiger partial charge on any atom is 0.339 e. The molecule has 0 spiro atoms. The fraction of sp³-hybridized carbons (Fsp3) is 0.111. The van der Waals surface area contributed by atoms with Crippen LogP contribution in [0.4, 0.5) is 0 Å². The Balaban J connectivity index is 2.76. The predicted molar refractivity (Wildman–Crippen MR) is 55.1 cm³/mol. The number of aromatic nitrogens is 2. The van der Waals surface area contributed by atoms with Gasteiger partial charge in [0.1, 0.15) is 5.65 Å². The van der Waals surface area contributed by atoms with Crippen molar-refractivity contribution in [1.29, 1.82) is 0 Å². The molecular formula is C9H7BrN2O2. The summed E-state index contributed by atoms with van der Waals surface area (Å²) in [6.07, 6.45) is 3.31.